The Kier molecular flexibility index (Phi) is 7.24. The van der Waals surface area contributed by atoms with Crippen molar-refractivity contribution in [2.45, 2.75) is 63.9 Å². The van der Waals surface area contributed by atoms with Crippen molar-refractivity contribution in [1.29, 1.82) is 0 Å². The van der Waals surface area contributed by atoms with Crippen molar-refractivity contribution in [2.75, 3.05) is 32.8 Å². The highest BCUT2D eigenvalue weighted by Crippen LogP contribution is 2.41. The van der Waals surface area contributed by atoms with Crippen molar-refractivity contribution < 1.29 is 27.5 Å². The number of hydrogen-bond acceptors (Lipinski definition) is 6. The van der Waals surface area contributed by atoms with Gasteiger partial charge in [-0.1, -0.05) is 20.8 Å². The number of rotatable bonds is 5. The zero-order chi connectivity index (χ0) is 24.6. The molecule has 2 saturated heterocycles. The lowest BCUT2D eigenvalue weighted by molar-refractivity contribution is -0.152. The summed E-state index contributed by atoms with van der Waals surface area (Å²) in [5.74, 6) is 0.463. The van der Waals surface area contributed by atoms with Crippen LogP contribution < -0.4 is 4.74 Å². The molecule has 188 valence electrons. The summed E-state index contributed by atoms with van der Waals surface area (Å²) in [4.78, 5) is 27.2. The average molecular weight is 493 g/mol. The topological polar surface area (TPSA) is 93.2 Å². The Bertz CT molecular complexity index is 1020. The van der Waals surface area contributed by atoms with Gasteiger partial charge in [-0.05, 0) is 56.2 Å². The van der Waals surface area contributed by atoms with Crippen molar-refractivity contribution in [3.8, 4) is 5.75 Å². The number of ether oxygens (including phenoxy) is 2. The van der Waals surface area contributed by atoms with Crippen LogP contribution in [0, 0.1) is 17.8 Å². The molecule has 4 unspecified atom stereocenters. The number of likely N-dealkylation sites (tertiary alicyclic amines) is 1. The molecule has 0 spiro atoms. The van der Waals surface area contributed by atoms with Gasteiger partial charge in [-0.25, -0.2) is 8.42 Å². The number of piperidine rings is 2. The van der Waals surface area contributed by atoms with E-state index in [0.29, 0.717) is 63.2 Å². The van der Waals surface area contributed by atoms with Gasteiger partial charge in [-0.3, -0.25) is 9.59 Å². The highest BCUT2D eigenvalue weighted by atomic mass is 32.2. The first-order valence-corrected chi connectivity index (χ1v) is 13.8. The summed E-state index contributed by atoms with van der Waals surface area (Å²) in [6.07, 6.45) is 1.49. The second kappa shape index (κ2) is 9.85. The molecular weight excluding hydrogens is 456 g/mol. The van der Waals surface area contributed by atoms with E-state index in [1.165, 1.54) is 0 Å². The SMILES string of the molecule is CCOC(=O)C1CCN(C(=O)C2Oc3ccc(S(=O)(=O)N4CC(C)CC(C)C4)cc3C2C)CC1. The molecule has 1 aromatic carbocycles. The molecule has 0 N–H and O–H groups in total. The molecule has 3 aliphatic heterocycles. The van der Waals surface area contributed by atoms with Crippen LogP contribution in [0.25, 0.3) is 0 Å². The molecule has 8 nitrogen and oxygen atoms in total. The third-order valence-electron chi connectivity index (χ3n) is 7.32. The lowest BCUT2D eigenvalue weighted by Crippen LogP contribution is -2.47. The van der Waals surface area contributed by atoms with Crippen LogP contribution in [0.4, 0.5) is 0 Å². The Balaban J connectivity index is 1.45. The second-order valence-electron chi connectivity index (χ2n) is 10.1. The number of sulfonamides is 1. The molecule has 3 aliphatic rings. The largest absolute Gasteiger partial charge is 0.480 e. The Morgan fingerprint density at radius 3 is 2.35 bits per heavy atom. The number of esters is 1. The van der Waals surface area contributed by atoms with Crippen LogP contribution in [0.3, 0.4) is 0 Å². The van der Waals surface area contributed by atoms with Crippen LogP contribution in [-0.4, -0.2) is 68.4 Å². The second-order valence-corrected chi connectivity index (χ2v) is 12.1. The first kappa shape index (κ1) is 25.0. The molecule has 3 heterocycles. The van der Waals surface area contributed by atoms with Gasteiger partial charge in [0.25, 0.3) is 5.91 Å². The smallest absolute Gasteiger partial charge is 0.309 e. The fraction of sp³-hybridized carbons (Fsp3) is 0.680. The maximum Gasteiger partial charge on any atom is 0.309 e. The number of carbonyl (C=O) groups is 2. The third kappa shape index (κ3) is 4.82. The minimum Gasteiger partial charge on any atom is -0.480 e. The monoisotopic (exact) mass is 492 g/mol. The van der Waals surface area contributed by atoms with Gasteiger partial charge in [-0.2, -0.15) is 4.31 Å². The Hall–Kier alpha value is -2.13. The Morgan fingerprint density at radius 1 is 1.09 bits per heavy atom. The van der Waals surface area contributed by atoms with E-state index < -0.39 is 16.1 Å². The zero-order valence-electron chi connectivity index (χ0n) is 20.5. The van der Waals surface area contributed by atoms with Gasteiger partial charge in [0.05, 0.1) is 17.4 Å². The number of benzene rings is 1. The lowest BCUT2D eigenvalue weighted by atomic mass is 9.93. The van der Waals surface area contributed by atoms with E-state index in [4.69, 9.17) is 9.47 Å². The minimum absolute atomic E-state index is 0.117. The molecule has 1 aromatic rings. The summed E-state index contributed by atoms with van der Waals surface area (Å²) in [6, 6.07) is 4.94. The molecule has 0 saturated carbocycles. The maximum atomic E-state index is 13.4. The third-order valence-corrected chi connectivity index (χ3v) is 9.15. The van der Waals surface area contributed by atoms with Gasteiger partial charge in [0.1, 0.15) is 5.75 Å². The van der Waals surface area contributed by atoms with Gasteiger partial charge in [-0.15, -0.1) is 0 Å². The molecular formula is C25H36N2O6S. The van der Waals surface area contributed by atoms with Gasteiger partial charge < -0.3 is 14.4 Å². The van der Waals surface area contributed by atoms with Crippen LogP contribution in [0.1, 0.15) is 58.4 Å². The van der Waals surface area contributed by atoms with Gasteiger partial charge in [0, 0.05) is 37.7 Å². The summed E-state index contributed by atoms with van der Waals surface area (Å²) in [6.45, 7) is 10.2. The maximum absolute atomic E-state index is 13.4. The van der Waals surface area contributed by atoms with E-state index in [2.05, 4.69) is 13.8 Å². The summed E-state index contributed by atoms with van der Waals surface area (Å²) in [7, 11) is -3.61. The lowest BCUT2D eigenvalue weighted by Gasteiger charge is -2.34. The molecule has 0 aliphatic carbocycles. The summed E-state index contributed by atoms with van der Waals surface area (Å²) in [5, 5.41) is 0. The Labute approximate surface area is 202 Å². The molecule has 0 aromatic heterocycles. The van der Waals surface area contributed by atoms with Crippen LogP contribution in [0.15, 0.2) is 23.1 Å². The molecule has 9 heteroatoms. The van der Waals surface area contributed by atoms with Gasteiger partial charge in [0.2, 0.25) is 10.0 Å². The predicted octanol–water partition coefficient (Wildman–Crippen LogP) is 3.02. The number of amides is 1. The molecule has 0 bridgehead atoms. The first-order valence-electron chi connectivity index (χ1n) is 12.4. The van der Waals surface area contributed by atoms with E-state index in [-0.39, 0.29) is 28.6 Å². The Morgan fingerprint density at radius 2 is 1.74 bits per heavy atom. The zero-order valence-corrected chi connectivity index (χ0v) is 21.3. The van der Waals surface area contributed by atoms with E-state index in [1.54, 1.807) is 34.3 Å². The van der Waals surface area contributed by atoms with Crippen LogP contribution in [0.5, 0.6) is 5.75 Å². The average Bonchev–Trinajstić information content (AvgIpc) is 3.14. The number of fused-ring (bicyclic) bond motifs is 1. The highest BCUT2D eigenvalue weighted by Gasteiger charge is 2.41. The predicted molar refractivity (Wildman–Crippen MR) is 127 cm³/mol. The number of nitrogens with zero attached hydrogens (tertiary/aromatic N) is 2. The molecule has 34 heavy (non-hydrogen) atoms. The standard InChI is InChI=1S/C25H36N2O6S/c1-5-32-25(29)19-8-10-26(11-9-19)24(28)23-18(4)21-13-20(6-7-22(21)33-23)34(30,31)27-14-16(2)12-17(3)15-27/h6-7,13,16-19,23H,5,8-12,14-15H2,1-4H3. The highest BCUT2D eigenvalue weighted by molar-refractivity contribution is 7.89. The van der Waals surface area contributed by atoms with Crippen molar-refractivity contribution in [2.24, 2.45) is 17.8 Å². The minimum atomic E-state index is -3.61. The fourth-order valence-corrected chi connectivity index (χ4v) is 7.26. The van der Waals surface area contributed by atoms with E-state index in [0.717, 1.165) is 12.0 Å². The molecule has 0 radical (unpaired) electrons. The van der Waals surface area contributed by atoms with Crippen LogP contribution in [0.2, 0.25) is 0 Å². The summed E-state index contributed by atoms with van der Waals surface area (Å²) >= 11 is 0. The first-order chi connectivity index (χ1) is 16.1. The van der Waals surface area contributed by atoms with E-state index in [1.807, 2.05) is 6.92 Å². The van der Waals surface area contributed by atoms with E-state index in [9.17, 15) is 18.0 Å². The van der Waals surface area contributed by atoms with Gasteiger partial charge in [0.15, 0.2) is 6.10 Å². The van der Waals surface area contributed by atoms with Crippen LogP contribution >= 0.6 is 0 Å². The number of hydrogen-bond donors (Lipinski definition) is 0. The van der Waals surface area contributed by atoms with Crippen molar-refractivity contribution in [3.63, 3.8) is 0 Å². The molecule has 4 atom stereocenters. The van der Waals surface area contributed by atoms with E-state index >= 15 is 0 Å². The normalized spacial score (nSPS) is 28.3. The molecule has 4 rings (SSSR count). The fourth-order valence-electron chi connectivity index (χ4n) is 5.54. The van der Waals surface area contributed by atoms with Crippen molar-refractivity contribution in [3.05, 3.63) is 23.8 Å². The quantitative estimate of drug-likeness (QED) is 0.587. The molecule has 2 fully saturated rings. The summed E-state index contributed by atoms with van der Waals surface area (Å²) < 4.78 is 39.4. The van der Waals surface area contributed by atoms with Crippen LogP contribution in [-0.2, 0) is 24.3 Å². The number of carbonyl (C=O) groups excluding carboxylic acids is 2. The van der Waals surface area contributed by atoms with Crippen molar-refractivity contribution >= 4 is 21.9 Å². The van der Waals surface area contributed by atoms with Crippen molar-refractivity contribution in [1.82, 2.24) is 9.21 Å². The summed E-state index contributed by atoms with van der Waals surface area (Å²) in [5.41, 5.74) is 0.749. The van der Waals surface area contributed by atoms with Gasteiger partial charge >= 0.3 is 5.97 Å². The molecule has 1 amide bonds.